The highest BCUT2D eigenvalue weighted by Gasteiger charge is 2.47. The Morgan fingerprint density at radius 3 is 2.67 bits per heavy atom. The fourth-order valence-electron chi connectivity index (χ4n) is 5.42. The summed E-state index contributed by atoms with van der Waals surface area (Å²) in [6, 6.07) is 5.61. The molecule has 2 fully saturated rings. The monoisotopic (exact) mass is 526 g/mol. The van der Waals surface area contributed by atoms with Crippen LogP contribution >= 0.6 is 35.0 Å². The Morgan fingerprint density at radius 2 is 2.00 bits per heavy atom. The van der Waals surface area contributed by atoms with Crippen molar-refractivity contribution in [2.75, 3.05) is 18.0 Å². The van der Waals surface area contributed by atoms with Crippen LogP contribution in [0.5, 0.6) is 0 Å². The molecule has 2 aromatic rings. The van der Waals surface area contributed by atoms with Gasteiger partial charge in [0.25, 0.3) is 0 Å². The minimum absolute atomic E-state index is 0.332. The van der Waals surface area contributed by atoms with Crippen LogP contribution in [0.25, 0.3) is 0 Å². The number of benzene rings is 1. The summed E-state index contributed by atoms with van der Waals surface area (Å²) >= 11 is 14.0. The molecule has 1 unspecified atom stereocenters. The first-order chi connectivity index (χ1) is 15.6. The predicted octanol–water partition coefficient (Wildman–Crippen LogP) is 6.42. The zero-order chi connectivity index (χ0) is 23.8. The van der Waals surface area contributed by atoms with Crippen LogP contribution in [-0.4, -0.2) is 32.0 Å². The predicted molar refractivity (Wildman–Crippen MR) is 140 cm³/mol. The summed E-state index contributed by atoms with van der Waals surface area (Å²) in [5.74, 6) is 1.53. The highest BCUT2D eigenvalue weighted by atomic mass is 35.5. The van der Waals surface area contributed by atoms with E-state index in [1.54, 1.807) is 6.07 Å². The second-order valence-electron chi connectivity index (χ2n) is 9.97. The van der Waals surface area contributed by atoms with Gasteiger partial charge in [0.2, 0.25) is 0 Å². The Bertz CT molecular complexity index is 1040. The van der Waals surface area contributed by atoms with E-state index in [1.807, 2.05) is 39.1 Å². The normalized spacial score (nSPS) is 21.5. The molecule has 1 spiro atoms. The summed E-state index contributed by atoms with van der Waals surface area (Å²) in [5.41, 5.74) is 1.23. The lowest BCUT2D eigenvalue weighted by Crippen LogP contribution is -2.45. The summed E-state index contributed by atoms with van der Waals surface area (Å²) < 4.78 is 11.7. The number of nitrogens with two attached hydrogens (primary N) is 1. The Hall–Kier alpha value is -0.860. The van der Waals surface area contributed by atoms with Gasteiger partial charge in [0.05, 0.1) is 37.7 Å². The molecular formula is C24H32Cl2N4OS2. The second-order valence-corrected chi connectivity index (χ2v) is 13.5. The molecule has 1 aromatic heterocycles. The third-order valence-corrected chi connectivity index (χ3v) is 10.8. The summed E-state index contributed by atoms with van der Waals surface area (Å²) in [6.07, 6.45) is 8.83. The molecule has 1 aliphatic heterocycles. The van der Waals surface area contributed by atoms with Crippen molar-refractivity contribution in [3.63, 3.8) is 0 Å². The van der Waals surface area contributed by atoms with E-state index < -0.39 is 11.0 Å². The smallest absolute Gasteiger partial charge is 0.147 e. The van der Waals surface area contributed by atoms with Crippen LogP contribution in [0, 0.1) is 18.3 Å². The lowest BCUT2D eigenvalue weighted by molar-refractivity contribution is 0.134. The maximum atomic E-state index is 12.0. The topological polar surface area (TPSA) is 72.1 Å². The van der Waals surface area contributed by atoms with Crippen molar-refractivity contribution >= 4 is 51.8 Å². The van der Waals surface area contributed by atoms with Crippen LogP contribution in [0.3, 0.4) is 0 Å². The molecule has 1 aliphatic carbocycles. The SMILES string of the molecule is Cc1nc(N2CCC3(CCC[C@@H]3CC(C)(C)S(N)=O)CC2)cnc1Sc1cccc(Cl)c1Cl. The van der Waals surface area contributed by atoms with E-state index in [9.17, 15) is 4.21 Å². The molecule has 1 saturated carbocycles. The van der Waals surface area contributed by atoms with Gasteiger partial charge in [-0.25, -0.2) is 14.2 Å². The number of aryl methyl sites for hydroxylation is 1. The first-order valence-electron chi connectivity index (χ1n) is 11.5. The van der Waals surface area contributed by atoms with Crippen LogP contribution in [0.2, 0.25) is 10.0 Å². The average Bonchev–Trinajstić information content (AvgIpc) is 3.14. The lowest BCUT2D eigenvalue weighted by Gasteiger charge is -2.45. The minimum atomic E-state index is -1.30. The van der Waals surface area contributed by atoms with Gasteiger partial charge in [0.15, 0.2) is 0 Å². The Morgan fingerprint density at radius 1 is 1.27 bits per heavy atom. The third-order valence-electron chi connectivity index (χ3n) is 7.47. The van der Waals surface area contributed by atoms with Crippen molar-refractivity contribution in [3.05, 3.63) is 40.1 Å². The highest BCUT2D eigenvalue weighted by Crippen LogP contribution is 2.53. The van der Waals surface area contributed by atoms with E-state index >= 15 is 0 Å². The molecule has 0 radical (unpaired) electrons. The van der Waals surface area contributed by atoms with Gasteiger partial charge in [0, 0.05) is 18.0 Å². The largest absolute Gasteiger partial charge is 0.355 e. The van der Waals surface area contributed by atoms with Crippen molar-refractivity contribution in [1.82, 2.24) is 9.97 Å². The zero-order valence-corrected chi connectivity index (χ0v) is 22.6. The Labute approximate surface area is 213 Å². The second kappa shape index (κ2) is 10.0. The van der Waals surface area contributed by atoms with E-state index in [-0.39, 0.29) is 4.75 Å². The molecule has 180 valence electrons. The molecule has 33 heavy (non-hydrogen) atoms. The number of hydrogen-bond donors (Lipinski definition) is 1. The first-order valence-corrected chi connectivity index (χ1v) is 14.3. The molecule has 2 atom stereocenters. The number of hydrogen-bond acceptors (Lipinski definition) is 5. The summed E-state index contributed by atoms with van der Waals surface area (Å²) in [5, 5.41) is 7.71. The number of nitrogens with zero attached hydrogens (tertiary/aromatic N) is 3. The Balaban J connectivity index is 1.43. The quantitative estimate of drug-likeness (QED) is 0.469. The van der Waals surface area contributed by atoms with Gasteiger partial charge in [0.1, 0.15) is 10.8 Å². The number of aromatic nitrogens is 2. The van der Waals surface area contributed by atoms with Gasteiger partial charge in [-0.2, -0.15) is 0 Å². The number of rotatable bonds is 6. The molecular weight excluding hydrogens is 495 g/mol. The van der Waals surface area contributed by atoms with Crippen LogP contribution in [0.1, 0.15) is 58.1 Å². The van der Waals surface area contributed by atoms with Gasteiger partial charge < -0.3 is 4.90 Å². The first kappa shape index (κ1) is 25.2. The fraction of sp³-hybridized carbons (Fsp3) is 0.583. The van der Waals surface area contributed by atoms with Crippen molar-refractivity contribution in [2.45, 2.75) is 74.0 Å². The van der Waals surface area contributed by atoms with Gasteiger partial charge in [-0.3, -0.25) is 5.14 Å². The lowest BCUT2D eigenvalue weighted by atomic mass is 9.68. The zero-order valence-electron chi connectivity index (χ0n) is 19.4. The van der Waals surface area contributed by atoms with Crippen molar-refractivity contribution in [1.29, 1.82) is 0 Å². The minimum Gasteiger partial charge on any atom is -0.355 e. The van der Waals surface area contributed by atoms with Crippen molar-refractivity contribution < 1.29 is 4.21 Å². The van der Waals surface area contributed by atoms with Crippen LogP contribution in [0.15, 0.2) is 34.3 Å². The molecule has 9 heteroatoms. The van der Waals surface area contributed by atoms with Crippen LogP contribution < -0.4 is 10.0 Å². The molecule has 2 N–H and O–H groups in total. The molecule has 0 amide bonds. The van der Waals surface area contributed by atoms with E-state index in [1.165, 1.54) is 31.0 Å². The molecule has 1 saturated heterocycles. The summed E-state index contributed by atoms with van der Waals surface area (Å²) in [6.45, 7) is 8.02. The van der Waals surface area contributed by atoms with E-state index in [0.717, 1.165) is 53.8 Å². The van der Waals surface area contributed by atoms with Crippen LogP contribution in [0.4, 0.5) is 5.82 Å². The molecule has 5 nitrogen and oxygen atoms in total. The summed E-state index contributed by atoms with van der Waals surface area (Å²) in [4.78, 5) is 12.8. The fourth-order valence-corrected chi connectivity index (χ4v) is 7.11. The average molecular weight is 528 g/mol. The van der Waals surface area contributed by atoms with Gasteiger partial charge >= 0.3 is 0 Å². The molecule has 4 rings (SSSR count). The Kier molecular flexibility index (Phi) is 7.66. The number of anilines is 1. The van der Waals surface area contributed by atoms with E-state index in [0.29, 0.717) is 21.4 Å². The number of piperidine rings is 1. The van der Waals surface area contributed by atoms with E-state index in [2.05, 4.69) is 4.90 Å². The summed E-state index contributed by atoms with van der Waals surface area (Å²) in [7, 11) is -1.30. The van der Waals surface area contributed by atoms with Crippen molar-refractivity contribution in [2.24, 2.45) is 16.5 Å². The third kappa shape index (κ3) is 5.37. The van der Waals surface area contributed by atoms with Gasteiger partial charge in [-0.1, -0.05) is 47.5 Å². The maximum Gasteiger partial charge on any atom is 0.147 e. The molecule has 2 heterocycles. The molecule has 0 bridgehead atoms. The highest BCUT2D eigenvalue weighted by molar-refractivity contribution is 7.99. The van der Waals surface area contributed by atoms with Crippen LogP contribution in [-0.2, 0) is 11.0 Å². The standard InChI is InChI=1S/C24H32Cl2N4OS2/c1-16-22(32-19-8-4-7-18(25)21(19)26)28-15-20(29-16)30-12-10-24(11-13-30)9-5-6-17(24)14-23(2,3)33(27)31/h4,7-8,15,17H,5-6,9-14,27H2,1-3H3/t17-,33?/m1/s1. The van der Waals surface area contributed by atoms with E-state index in [4.69, 9.17) is 38.3 Å². The maximum absolute atomic E-state index is 12.0. The van der Waals surface area contributed by atoms with Crippen molar-refractivity contribution in [3.8, 4) is 0 Å². The number of halogens is 2. The molecule has 1 aromatic carbocycles. The molecule has 2 aliphatic rings. The van der Waals surface area contributed by atoms with Gasteiger partial charge in [-0.05, 0) is 76.3 Å². The van der Waals surface area contributed by atoms with Gasteiger partial charge in [-0.15, -0.1) is 0 Å².